The number of nitrogens with two attached hydrogens (primary N) is 1. The first-order valence-corrected chi connectivity index (χ1v) is 5.87. The van der Waals surface area contributed by atoms with Crippen LogP contribution in [-0.4, -0.2) is 10.2 Å². The molecule has 0 atom stereocenters. The summed E-state index contributed by atoms with van der Waals surface area (Å²) in [4.78, 5) is 0. The fraction of sp³-hybridized carbons (Fsp3) is 0.0714. The molecule has 2 aromatic carbocycles. The Balaban J connectivity index is 2.29. The Morgan fingerprint density at radius 2 is 1.80 bits per heavy atom. The molecule has 0 saturated carbocycles. The molecule has 0 unspecified atom stereocenters. The molecule has 0 aliphatic carbocycles. The highest BCUT2D eigenvalue weighted by atomic mass is 19.4. The third kappa shape index (κ3) is 1.99. The maximum atomic E-state index is 13.1. The van der Waals surface area contributed by atoms with E-state index in [1.807, 2.05) is 0 Å². The Kier molecular flexibility index (Phi) is 2.67. The number of fused-ring (bicyclic) bond motifs is 1. The van der Waals surface area contributed by atoms with E-state index in [1.54, 1.807) is 24.3 Å². The van der Waals surface area contributed by atoms with E-state index in [1.165, 1.54) is 12.1 Å². The smallest absolute Gasteiger partial charge is 0.399 e. The molecular formula is C14H10F3N3. The summed E-state index contributed by atoms with van der Waals surface area (Å²) in [6.07, 6.45) is -4.43. The normalized spacial score (nSPS) is 11.9. The lowest BCUT2D eigenvalue weighted by Gasteiger charge is -2.11. The third-order valence-electron chi connectivity index (χ3n) is 3.07. The van der Waals surface area contributed by atoms with Gasteiger partial charge in [-0.25, -0.2) is 0 Å². The van der Waals surface area contributed by atoms with Gasteiger partial charge < -0.3 is 5.73 Å². The summed E-state index contributed by atoms with van der Waals surface area (Å²) in [5.74, 6) is 0. The minimum atomic E-state index is -4.43. The molecule has 102 valence electrons. The number of benzene rings is 2. The number of nitrogens with one attached hydrogen (secondary N) is 1. The minimum absolute atomic E-state index is 0.0388. The average Bonchev–Trinajstić information content (AvgIpc) is 2.80. The van der Waals surface area contributed by atoms with Gasteiger partial charge in [0.15, 0.2) is 0 Å². The number of nitrogen functional groups attached to an aromatic ring is 1. The van der Waals surface area contributed by atoms with Gasteiger partial charge in [-0.3, -0.25) is 5.10 Å². The van der Waals surface area contributed by atoms with E-state index in [0.717, 1.165) is 6.07 Å². The van der Waals surface area contributed by atoms with Crippen LogP contribution in [0.5, 0.6) is 0 Å². The van der Waals surface area contributed by atoms with Gasteiger partial charge in [0, 0.05) is 16.6 Å². The van der Waals surface area contributed by atoms with E-state index < -0.39 is 11.7 Å². The summed E-state index contributed by atoms with van der Waals surface area (Å²) < 4.78 is 39.2. The van der Waals surface area contributed by atoms with Gasteiger partial charge >= 0.3 is 6.18 Å². The number of rotatable bonds is 1. The van der Waals surface area contributed by atoms with Crippen LogP contribution >= 0.6 is 0 Å². The number of anilines is 1. The predicted molar refractivity (Wildman–Crippen MR) is 70.9 cm³/mol. The molecule has 0 saturated heterocycles. The van der Waals surface area contributed by atoms with Gasteiger partial charge in [0.25, 0.3) is 0 Å². The van der Waals surface area contributed by atoms with Crippen LogP contribution in [0, 0.1) is 0 Å². The van der Waals surface area contributed by atoms with Crippen molar-refractivity contribution in [1.29, 1.82) is 0 Å². The van der Waals surface area contributed by atoms with Gasteiger partial charge in [0.05, 0.1) is 11.1 Å². The Morgan fingerprint density at radius 3 is 2.55 bits per heavy atom. The molecule has 0 spiro atoms. The molecule has 0 amide bonds. The Labute approximate surface area is 112 Å². The molecule has 1 heterocycles. The molecule has 3 aromatic rings. The third-order valence-corrected chi connectivity index (χ3v) is 3.07. The Bertz CT molecular complexity index is 775. The molecule has 3 N–H and O–H groups in total. The van der Waals surface area contributed by atoms with Crippen molar-refractivity contribution in [2.24, 2.45) is 0 Å². The van der Waals surface area contributed by atoms with Crippen LogP contribution in [0.1, 0.15) is 5.56 Å². The van der Waals surface area contributed by atoms with E-state index >= 15 is 0 Å². The molecule has 1 aromatic heterocycles. The van der Waals surface area contributed by atoms with Gasteiger partial charge in [-0.05, 0) is 24.3 Å². The lowest BCUT2D eigenvalue weighted by atomic mass is 10.0. The van der Waals surface area contributed by atoms with Gasteiger partial charge in [-0.2, -0.15) is 18.3 Å². The summed E-state index contributed by atoms with van der Waals surface area (Å²) in [5.41, 5.74) is 6.39. The van der Waals surface area contributed by atoms with Gasteiger partial charge in [-0.15, -0.1) is 0 Å². The van der Waals surface area contributed by atoms with Crippen LogP contribution in [0.3, 0.4) is 0 Å². The van der Waals surface area contributed by atoms with E-state index in [9.17, 15) is 13.2 Å². The first kappa shape index (κ1) is 12.5. The summed E-state index contributed by atoms with van der Waals surface area (Å²) in [6.45, 7) is 0. The van der Waals surface area contributed by atoms with Crippen LogP contribution < -0.4 is 5.73 Å². The molecule has 6 heteroatoms. The molecule has 20 heavy (non-hydrogen) atoms. The predicted octanol–water partition coefficient (Wildman–Crippen LogP) is 3.83. The number of nitrogens with zero attached hydrogens (tertiary/aromatic N) is 1. The quantitative estimate of drug-likeness (QED) is 0.664. The van der Waals surface area contributed by atoms with Crippen LogP contribution in [0.4, 0.5) is 18.9 Å². The summed E-state index contributed by atoms with van der Waals surface area (Å²) in [7, 11) is 0. The number of aromatic nitrogens is 2. The van der Waals surface area contributed by atoms with E-state index in [-0.39, 0.29) is 11.3 Å². The topological polar surface area (TPSA) is 54.7 Å². The van der Waals surface area contributed by atoms with Crippen LogP contribution in [-0.2, 0) is 6.18 Å². The fourth-order valence-electron chi connectivity index (χ4n) is 2.17. The molecule has 0 bridgehead atoms. The standard InChI is InChI=1S/C14H10F3N3/c15-14(16,17)11-4-2-1-3-9(11)13-10-7-8(18)5-6-12(10)19-20-13/h1-7H,18H2,(H,19,20). The second-order valence-corrected chi connectivity index (χ2v) is 4.42. The second-order valence-electron chi connectivity index (χ2n) is 4.42. The number of alkyl halides is 3. The Morgan fingerprint density at radius 1 is 1.05 bits per heavy atom. The zero-order valence-corrected chi connectivity index (χ0v) is 10.2. The lowest BCUT2D eigenvalue weighted by molar-refractivity contribution is -0.137. The van der Waals surface area contributed by atoms with Crippen molar-refractivity contribution < 1.29 is 13.2 Å². The second kappa shape index (κ2) is 4.26. The van der Waals surface area contributed by atoms with Gasteiger partial charge in [0.2, 0.25) is 0 Å². The van der Waals surface area contributed by atoms with E-state index in [2.05, 4.69) is 10.2 Å². The van der Waals surface area contributed by atoms with Crippen molar-refractivity contribution in [3.05, 3.63) is 48.0 Å². The SMILES string of the molecule is Nc1ccc2[nH]nc(-c3ccccc3C(F)(F)F)c2c1. The minimum Gasteiger partial charge on any atom is -0.399 e. The van der Waals surface area contributed by atoms with Gasteiger partial charge in [0.1, 0.15) is 5.69 Å². The monoisotopic (exact) mass is 277 g/mol. The number of H-pyrrole nitrogens is 1. The summed E-state index contributed by atoms with van der Waals surface area (Å²) in [5, 5.41) is 7.29. The fourth-order valence-corrected chi connectivity index (χ4v) is 2.17. The van der Waals surface area contributed by atoms with Crippen molar-refractivity contribution in [3.63, 3.8) is 0 Å². The molecule has 3 nitrogen and oxygen atoms in total. The highest BCUT2D eigenvalue weighted by molar-refractivity contribution is 5.95. The molecule has 0 aliphatic heterocycles. The number of halogens is 3. The summed E-state index contributed by atoms with van der Waals surface area (Å²) >= 11 is 0. The van der Waals surface area contributed by atoms with E-state index in [4.69, 9.17) is 5.73 Å². The Hall–Kier alpha value is -2.50. The van der Waals surface area contributed by atoms with Crippen molar-refractivity contribution in [2.75, 3.05) is 5.73 Å². The van der Waals surface area contributed by atoms with Crippen LogP contribution in [0.25, 0.3) is 22.2 Å². The zero-order chi connectivity index (χ0) is 14.3. The number of hydrogen-bond donors (Lipinski definition) is 2. The van der Waals surface area contributed by atoms with E-state index in [0.29, 0.717) is 16.6 Å². The van der Waals surface area contributed by atoms with Crippen molar-refractivity contribution in [2.45, 2.75) is 6.18 Å². The van der Waals surface area contributed by atoms with Crippen LogP contribution in [0.2, 0.25) is 0 Å². The first-order valence-electron chi connectivity index (χ1n) is 5.87. The summed E-state index contributed by atoms with van der Waals surface area (Å²) in [6, 6.07) is 10.3. The molecular weight excluding hydrogens is 267 g/mol. The molecule has 0 fully saturated rings. The highest BCUT2D eigenvalue weighted by Gasteiger charge is 2.34. The molecule has 3 rings (SSSR count). The highest BCUT2D eigenvalue weighted by Crippen LogP contribution is 2.38. The zero-order valence-electron chi connectivity index (χ0n) is 10.2. The number of hydrogen-bond acceptors (Lipinski definition) is 2. The maximum absolute atomic E-state index is 13.1. The first-order chi connectivity index (χ1) is 9.47. The molecule has 0 aliphatic rings. The van der Waals surface area contributed by atoms with Crippen LogP contribution in [0.15, 0.2) is 42.5 Å². The van der Waals surface area contributed by atoms with Crippen molar-refractivity contribution >= 4 is 16.6 Å². The van der Waals surface area contributed by atoms with Crippen molar-refractivity contribution in [3.8, 4) is 11.3 Å². The van der Waals surface area contributed by atoms with Crippen molar-refractivity contribution in [1.82, 2.24) is 10.2 Å². The largest absolute Gasteiger partial charge is 0.417 e. The number of aromatic amines is 1. The average molecular weight is 277 g/mol. The molecule has 0 radical (unpaired) electrons. The van der Waals surface area contributed by atoms with Gasteiger partial charge in [-0.1, -0.05) is 18.2 Å². The lowest BCUT2D eigenvalue weighted by Crippen LogP contribution is -2.07. The maximum Gasteiger partial charge on any atom is 0.417 e.